The average Bonchev–Trinajstić information content (AvgIpc) is 3.53. The molecule has 0 aliphatic heterocycles. The number of amides is 1. The monoisotopic (exact) mass is 428 g/mol. The quantitative estimate of drug-likeness (QED) is 0.327. The summed E-state index contributed by atoms with van der Waals surface area (Å²) in [6, 6.07) is 11.7. The molecule has 0 bridgehead atoms. The standard InChI is InChI=1S/C21H16N8O3/c30-21(15-9-23-28(11-15)18-4-6-19(7-5-18)29(31)32)25-16-10-22-27(13-16)14-17-12-26-8-2-1-3-20(26)24-17/h1-13H,14H2,(H,25,30). The Labute approximate surface area is 180 Å². The Morgan fingerprint density at radius 2 is 1.88 bits per heavy atom. The second-order valence-electron chi connectivity index (χ2n) is 7.03. The summed E-state index contributed by atoms with van der Waals surface area (Å²) in [5.74, 6) is -0.342. The van der Waals surface area contributed by atoms with Crippen LogP contribution in [0.5, 0.6) is 0 Å². The molecule has 4 heterocycles. The number of nitro groups is 1. The van der Waals surface area contributed by atoms with Gasteiger partial charge in [-0.05, 0) is 24.3 Å². The maximum absolute atomic E-state index is 12.6. The molecule has 32 heavy (non-hydrogen) atoms. The van der Waals surface area contributed by atoms with Crippen LogP contribution in [0.3, 0.4) is 0 Å². The van der Waals surface area contributed by atoms with Crippen molar-refractivity contribution in [3.05, 3.63) is 101 Å². The number of rotatable bonds is 6. The normalized spacial score (nSPS) is 11.0. The molecule has 0 aliphatic carbocycles. The maximum Gasteiger partial charge on any atom is 0.269 e. The lowest BCUT2D eigenvalue weighted by Gasteiger charge is -2.01. The Bertz CT molecular complexity index is 1400. The van der Waals surface area contributed by atoms with Crippen LogP contribution in [0.2, 0.25) is 0 Å². The molecule has 1 aromatic carbocycles. The van der Waals surface area contributed by atoms with Crippen LogP contribution < -0.4 is 5.32 Å². The predicted molar refractivity (Wildman–Crippen MR) is 115 cm³/mol. The summed E-state index contributed by atoms with van der Waals surface area (Å²) >= 11 is 0. The molecule has 158 valence electrons. The Morgan fingerprint density at radius 3 is 2.66 bits per heavy atom. The summed E-state index contributed by atoms with van der Waals surface area (Å²) in [5, 5.41) is 22.0. The highest BCUT2D eigenvalue weighted by molar-refractivity contribution is 6.03. The number of hydrogen-bond donors (Lipinski definition) is 1. The molecular formula is C21H16N8O3. The summed E-state index contributed by atoms with van der Waals surface area (Å²) in [6.45, 7) is 0.468. The molecule has 11 heteroatoms. The van der Waals surface area contributed by atoms with Crippen molar-refractivity contribution in [2.24, 2.45) is 0 Å². The minimum atomic E-state index is -0.471. The van der Waals surface area contributed by atoms with Gasteiger partial charge >= 0.3 is 0 Å². The number of carbonyl (C=O) groups excluding carboxylic acids is 1. The predicted octanol–water partition coefficient (Wildman–Crippen LogP) is 2.93. The number of pyridine rings is 1. The number of fused-ring (bicyclic) bond motifs is 1. The topological polar surface area (TPSA) is 125 Å². The van der Waals surface area contributed by atoms with Crippen LogP contribution in [-0.4, -0.2) is 39.8 Å². The first-order valence-electron chi connectivity index (χ1n) is 9.61. The molecule has 0 atom stereocenters. The van der Waals surface area contributed by atoms with E-state index in [1.54, 1.807) is 35.4 Å². The van der Waals surface area contributed by atoms with Crippen molar-refractivity contribution < 1.29 is 9.72 Å². The molecule has 5 rings (SSSR count). The average molecular weight is 428 g/mol. The van der Waals surface area contributed by atoms with Gasteiger partial charge in [0.15, 0.2) is 0 Å². The van der Waals surface area contributed by atoms with E-state index in [4.69, 9.17) is 0 Å². The van der Waals surface area contributed by atoms with E-state index in [9.17, 15) is 14.9 Å². The molecule has 1 amide bonds. The van der Waals surface area contributed by atoms with E-state index in [2.05, 4.69) is 20.5 Å². The fourth-order valence-electron chi connectivity index (χ4n) is 3.26. The molecular weight excluding hydrogens is 412 g/mol. The Morgan fingerprint density at radius 1 is 1.03 bits per heavy atom. The fourth-order valence-corrected chi connectivity index (χ4v) is 3.26. The molecule has 5 aromatic rings. The first kappa shape index (κ1) is 19.2. The Balaban J connectivity index is 1.25. The Hall–Kier alpha value is -4.80. The first-order valence-corrected chi connectivity index (χ1v) is 9.61. The fraction of sp³-hybridized carbons (Fsp3) is 0.0476. The number of nitrogens with one attached hydrogen (secondary N) is 1. The van der Waals surface area contributed by atoms with Gasteiger partial charge in [0.1, 0.15) is 5.65 Å². The molecule has 0 spiro atoms. The molecule has 1 N–H and O–H groups in total. The van der Waals surface area contributed by atoms with E-state index in [1.165, 1.54) is 23.0 Å². The summed E-state index contributed by atoms with van der Waals surface area (Å²) in [7, 11) is 0. The number of nitrogens with zero attached hydrogens (tertiary/aromatic N) is 7. The molecule has 0 aliphatic rings. The van der Waals surface area contributed by atoms with E-state index < -0.39 is 4.92 Å². The van der Waals surface area contributed by atoms with Gasteiger partial charge in [0.2, 0.25) is 0 Å². The second-order valence-corrected chi connectivity index (χ2v) is 7.03. The van der Waals surface area contributed by atoms with E-state index >= 15 is 0 Å². The zero-order valence-electron chi connectivity index (χ0n) is 16.6. The van der Waals surface area contributed by atoms with Crippen LogP contribution in [0.15, 0.2) is 79.6 Å². The number of hydrogen-bond acceptors (Lipinski definition) is 6. The third-order valence-corrected chi connectivity index (χ3v) is 4.80. The van der Waals surface area contributed by atoms with Gasteiger partial charge in [-0.3, -0.25) is 19.6 Å². The van der Waals surface area contributed by atoms with Crippen LogP contribution in [0.25, 0.3) is 11.3 Å². The zero-order valence-corrected chi connectivity index (χ0v) is 16.6. The molecule has 11 nitrogen and oxygen atoms in total. The van der Waals surface area contributed by atoms with Crippen molar-refractivity contribution >= 4 is 22.9 Å². The first-order chi connectivity index (χ1) is 15.5. The lowest BCUT2D eigenvalue weighted by atomic mass is 10.3. The number of benzene rings is 1. The number of aromatic nitrogens is 6. The lowest BCUT2D eigenvalue weighted by molar-refractivity contribution is -0.384. The number of carbonyl (C=O) groups is 1. The molecule has 4 aromatic heterocycles. The number of nitro benzene ring substituents is 1. The highest BCUT2D eigenvalue weighted by Gasteiger charge is 2.12. The van der Waals surface area contributed by atoms with Gasteiger partial charge in [0, 0.05) is 36.9 Å². The van der Waals surface area contributed by atoms with Gasteiger partial charge in [-0.1, -0.05) is 6.07 Å². The van der Waals surface area contributed by atoms with Gasteiger partial charge in [-0.15, -0.1) is 0 Å². The summed E-state index contributed by atoms with van der Waals surface area (Å²) in [6.07, 6.45) is 10.1. The van der Waals surface area contributed by atoms with Crippen LogP contribution in [-0.2, 0) is 6.54 Å². The largest absolute Gasteiger partial charge is 0.319 e. The van der Waals surface area contributed by atoms with Gasteiger partial charge in [-0.25, -0.2) is 9.67 Å². The third kappa shape index (κ3) is 3.81. The summed E-state index contributed by atoms with van der Waals surface area (Å²) < 4.78 is 5.10. The smallest absolute Gasteiger partial charge is 0.269 e. The van der Waals surface area contributed by atoms with Crippen molar-refractivity contribution in [2.45, 2.75) is 6.54 Å². The van der Waals surface area contributed by atoms with Crippen molar-refractivity contribution in [1.82, 2.24) is 28.9 Å². The van der Waals surface area contributed by atoms with Crippen molar-refractivity contribution in [3.8, 4) is 5.69 Å². The van der Waals surface area contributed by atoms with Gasteiger partial charge in [0.25, 0.3) is 11.6 Å². The van der Waals surface area contributed by atoms with Crippen LogP contribution >= 0.6 is 0 Å². The summed E-state index contributed by atoms with van der Waals surface area (Å²) in [4.78, 5) is 27.4. The minimum absolute atomic E-state index is 0.0143. The highest BCUT2D eigenvalue weighted by Crippen LogP contribution is 2.16. The second kappa shape index (κ2) is 7.80. The molecule has 0 unspecified atom stereocenters. The van der Waals surface area contributed by atoms with Crippen LogP contribution in [0.1, 0.15) is 16.1 Å². The SMILES string of the molecule is O=C(Nc1cnn(Cc2cn3ccccc3n2)c1)c1cnn(-c2ccc([N+](=O)[O-])cc2)c1. The number of imidazole rings is 1. The van der Waals surface area contributed by atoms with E-state index in [1.807, 2.05) is 35.0 Å². The van der Waals surface area contributed by atoms with Crippen molar-refractivity contribution in [3.63, 3.8) is 0 Å². The van der Waals surface area contributed by atoms with E-state index in [-0.39, 0.29) is 11.6 Å². The lowest BCUT2D eigenvalue weighted by Crippen LogP contribution is -2.10. The van der Waals surface area contributed by atoms with Crippen LogP contribution in [0.4, 0.5) is 11.4 Å². The summed E-state index contributed by atoms with van der Waals surface area (Å²) in [5.41, 5.74) is 3.18. The van der Waals surface area contributed by atoms with Crippen molar-refractivity contribution in [2.75, 3.05) is 5.32 Å². The van der Waals surface area contributed by atoms with Crippen LogP contribution in [0, 0.1) is 10.1 Å². The van der Waals surface area contributed by atoms with E-state index in [0.717, 1.165) is 11.3 Å². The highest BCUT2D eigenvalue weighted by atomic mass is 16.6. The number of non-ortho nitro benzene ring substituents is 1. The minimum Gasteiger partial charge on any atom is -0.319 e. The molecule has 0 saturated carbocycles. The van der Waals surface area contributed by atoms with Gasteiger partial charge < -0.3 is 9.72 Å². The zero-order chi connectivity index (χ0) is 22.1. The van der Waals surface area contributed by atoms with Gasteiger partial charge in [0.05, 0.1) is 46.5 Å². The Kier molecular flexibility index (Phi) is 4.67. The molecule has 0 fully saturated rings. The third-order valence-electron chi connectivity index (χ3n) is 4.80. The maximum atomic E-state index is 12.6. The van der Waals surface area contributed by atoms with Crippen molar-refractivity contribution in [1.29, 1.82) is 0 Å². The molecule has 0 radical (unpaired) electrons. The molecule has 0 saturated heterocycles. The number of anilines is 1. The van der Waals surface area contributed by atoms with E-state index in [0.29, 0.717) is 23.5 Å². The van der Waals surface area contributed by atoms with Gasteiger partial charge in [-0.2, -0.15) is 10.2 Å².